The van der Waals surface area contributed by atoms with Crippen molar-refractivity contribution in [3.05, 3.63) is 0 Å². The lowest BCUT2D eigenvalue weighted by atomic mass is 9.69. The van der Waals surface area contributed by atoms with Crippen molar-refractivity contribution in [2.75, 3.05) is 53.6 Å². The van der Waals surface area contributed by atoms with Crippen molar-refractivity contribution >= 4 is 17.5 Å². The van der Waals surface area contributed by atoms with E-state index in [2.05, 4.69) is 32.2 Å². The molecule has 12 unspecified atom stereocenters. The van der Waals surface area contributed by atoms with Crippen LogP contribution in [0.2, 0.25) is 0 Å². The Hall–Kier alpha value is -1.03. The molecule has 0 spiro atoms. The molecule has 250 valence electrons. The number of carbonyl (C=O) groups excluding carboxylic acids is 1. The predicted octanol–water partition coefficient (Wildman–Crippen LogP) is 2.61. The van der Waals surface area contributed by atoms with E-state index < -0.39 is 0 Å². The lowest BCUT2D eigenvalue weighted by Gasteiger charge is -2.50. The van der Waals surface area contributed by atoms with Gasteiger partial charge >= 0.3 is 0 Å². The number of alkyl halides is 1. The van der Waals surface area contributed by atoms with Crippen molar-refractivity contribution in [1.29, 1.82) is 5.26 Å². The molecule has 5 fully saturated rings. The molecule has 3 aliphatic heterocycles. The van der Waals surface area contributed by atoms with Crippen LogP contribution in [0, 0.1) is 35.0 Å². The van der Waals surface area contributed by atoms with Gasteiger partial charge in [-0.15, -0.1) is 11.6 Å². The van der Waals surface area contributed by atoms with Crippen LogP contribution in [0.1, 0.15) is 71.1 Å². The van der Waals surface area contributed by atoms with Crippen LogP contribution in [0.4, 0.5) is 0 Å². The lowest BCUT2D eigenvalue weighted by molar-refractivity contribution is -0.124. The van der Waals surface area contributed by atoms with Crippen LogP contribution in [0.25, 0.3) is 0 Å². The zero-order chi connectivity index (χ0) is 31.1. The first-order valence-corrected chi connectivity index (χ1v) is 17.8. The van der Waals surface area contributed by atoms with E-state index in [-0.39, 0.29) is 65.7 Å². The highest BCUT2D eigenvalue weighted by atomic mass is 35.5. The second-order valence-electron chi connectivity index (χ2n) is 14.3. The fourth-order valence-corrected chi connectivity index (χ4v) is 8.89. The van der Waals surface area contributed by atoms with E-state index >= 15 is 0 Å². The molecule has 5 rings (SSSR count). The van der Waals surface area contributed by atoms with Crippen LogP contribution in [0.5, 0.6) is 0 Å². The molecule has 0 aromatic heterocycles. The third kappa shape index (κ3) is 9.07. The van der Waals surface area contributed by atoms with E-state index in [1.165, 1.54) is 6.42 Å². The summed E-state index contributed by atoms with van der Waals surface area (Å²) in [5, 5.41) is 24.6. The number of piperidine rings is 2. The Morgan fingerprint density at radius 1 is 1.09 bits per heavy atom. The first-order valence-electron chi connectivity index (χ1n) is 17.4. The summed E-state index contributed by atoms with van der Waals surface area (Å²) >= 11 is 6.98. The van der Waals surface area contributed by atoms with Gasteiger partial charge in [0.1, 0.15) is 6.23 Å². The van der Waals surface area contributed by atoms with E-state index in [9.17, 15) is 10.1 Å². The maximum Gasteiger partial charge on any atom is 0.220 e. The molecule has 11 heteroatoms. The molecule has 12 atom stereocenters. The number of nitriles is 1. The molecule has 0 bridgehead atoms. The van der Waals surface area contributed by atoms with Crippen LogP contribution in [-0.4, -0.2) is 112 Å². The normalized spacial score (nSPS) is 40.9. The maximum absolute atomic E-state index is 12.9. The molecule has 10 nitrogen and oxygen atoms in total. The SMILES string of the molecule is CCOC1CC2NCC(C#N)C(NC3CCC(OCC4CNC5OCCCC5C4)C(Cl)C3)C2CC1NC(=O)CCCN(C)C. The van der Waals surface area contributed by atoms with Gasteiger partial charge in [-0.3, -0.25) is 10.1 Å². The summed E-state index contributed by atoms with van der Waals surface area (Å²) in [6.45, 7) is 6.76. The van der Waals surface area contributed by atoms with Crippen molar-refractivity contribution in [2.45, 2.75) is 119 Å². The molecule has 2 saturated carbocycles. The Morgan fingerprint density at radius 2 is 1.95 bits per heavy atom. The number of halogens is 1. The number of rotatable bonds is 12. The van der Waals surface area contributed by atoms with E-state index in [1.807, 2.05) is 21.0 Å². The predicted molar refractivity (Wildman–Crippen MR) is 171 cm³/mol. The summed E-state index contributed by atoms with van der Waals surface area (Å²) in [6, 6.07) is 3.07. The molecule has 0 aromatic rings. The highest BCUT2D eigenvalue weighted by molar-refractivity contribution is 6.21. The highest BCUT2D eigenvalue weighted by Gasteiger charge is 2.47. The molecule has 3 heterocycles. The minimum atomic E-state index is -0.134. The van der Waals surface area contributed by atoms with Crippen molar-refractivity contribution in [1.82, 2.24) is 26.2 Å². The van der Waals surface area contributed by atoms with E-state index in [4.69, 9.17) is 25.8 Å². The Morgan fingerprint density at radius 3 is 2.73 bits per heavy atom. The first-order chi connectivity index (χ1) is 21.3. The van der Waals surface area contributed by atoms with Crippen molar-refractivity contribution < 1.29 is 19.0 Å². The summed E-state index contributed by atoms with van der Waals surface area (Å²) in [6.07, 6.45) is 9.54. The minimum Gasteiger partial charge on any atom is -0.376 e. The van der Waals surface area contributed by atoms with Crippen LogP contribution in [0.15, 0.2) is 0 Å². The van der Waals surface area contributed by atoms with E-state index in [0.717, 1.165) is 77.7 Å². The number of hydrogen-bond donors (Lipinski definition) is 4. The molecule has 1 amide bonds. The molecular formula is C33H57ClN6O4. The van der Waals surface area contributed by atoms with Crippen LogP contribution >= 0.6 is 11.6 Å². The fraction of sp³-hybridized carbons (Fsp3) is 0.939. The molecule has 5 aliphatic rings. The third-order valence-electron chi connectivity index (χ3n) is 10.8. The Kier molecular flexibility index (Phi) is 13.0. The summed E-state index contributed by atoms with van der Waals surface area (Å²) in [5.41, 5.74) is 0. The smallest absolute Gasteiger partial charge is 0.220 e. The summed E-state index contributed by atoms with van der Waals surface area (Å²) in [4.78, 5) is 15.0. The topological polar surface area (TPSA) is 120 Å². The zero-order valence-corrected chi connectivity index (χ0v) is 27.9. The van der Waals surface area contributed by atoms with Crippen molar-refractivity contribution in [3.8, 4) is 6.07 Å². The average molecular weight is 637 g/mol. The Bertz CT molecular complexity index is 954. The van der Waals surface area contributed by atoms with E-state index in [0.29, 0.717) is 31.4 Å². The van der Waals surface area contributed by atoms with Crippen LogP contribution < -0.4 is 21.3 Å². The maximum atomic E-state index is 12.9. The number of carbonyl (C=O) groups is 1. The Balaban J connectivity index is 1.14. The van der Waals surface area contributed by atoms with Crippen LogP contribution in [0.3, 0.4) is 0 Å². The number of nitrogens with one attached hydrogen (secondary N) is 4. The van der Waals surface area contributed by atoms with Gasteiger partial charge in [0, 0.05) is 50.8 Å². The van der Waals surface area contributed by atoms with Crippen molar-refractivity contribution in [3.63, 3.8) is 0 Å². The molecular weight excluding hydrogens is 580 g/mol. The van der Waals surface area contributed by atoms with Gasteiger partial charge in [-0.05, 0) is 103 Å². The summed E-state index contributed by atoms with van der Waals surface area (Å²) in [5.74, 6) is 1.29. The average Bonchev–Trinajstić information content (AvgIpc) is 3.01. The summed E-state index contributed by atoms with van der Waals surface area (Å²) in [7, 11) is 4.06. The van der Waals surface area contributed by atoms with Gasteiger partial charge in [-0.1, -0.05) is 0 Å². The standard InChI is InChI=1S/C33H57ClN6O4/c1-4-42-30-16-27-25(15-28(30)39-31(41)8-5-11-40(2)3)32(23(17-35)19-36-27)38-24-9-10-29(26(34)14-24)44-20-21-13-22-7-6-12-43-33(22)37-18-21/h21-30,32-33,36-38H,4-16,18-20H2,1-3H3,(H,39,41). The van der Waals surface area contributed by atoms with Crippen LogP contribution in [-0.2, 0) is 19.0 Å². The van der Waals surface area contributed by atoms with E-state index in [1.54, 1.807) is 0 Å². The number of fused-ring (bicyclic) bond motifs is 2. The quantitative estimate of drug-likeness (QED) is 0.240. The molecule has 3 saturated heterocycles. The van der Waals surface area contributed by atoms with Gasteiger partial charge in [0.05, 0.1) is 42.2 Å². The number of amides is 1. The van der Waals surface area contributed by atoms with Gasteiger partial charge in [0.25, 0.3) is 0 Å². The van der Waals surface area contributed by atoms with Gasteiger partial charge in [-0.2, -0.15) is 5.26 Å². The van der Waals surface area contributed by atoms with Gasteiger partial charge in [-0.25, -0.2) is 0 Å². The summed E-state index contributed by atoms with van der Waals surface area (Å²) < 4.78 is 18.5. The lowest BCUT2D eigenvalue weighted by Crippen LogP contribution is -2.66. The molecule has 2 aliphatic carbocycles. The molecule has 4 N–H and O–H groups in total. The third-order valence-corrected chi connectivity index (χ3v) is 11.2. The van der Waals surface area contributed by atoms with Gasteiger partial charge < -0.3 is 35.1 Å². The first kappa shape index (κ1) is 34.3. The second kappa shape index (κ2) is 16.7. The van der Waals surface area contributed by atoms with Crippen molar-refractivity contribution in [2.24, 2.45) is 23.7 Å². The second-order valence-corrected chi connectivity index (χ2v) is 14.8. The fourth-order valence-electron chi connectivity index (χ4n) is 8.47. The largest absolute Gasteiger partial charge is 0.376 e. The molecule has 44 heavy (non-hydrogen) atoms. The van der Waals surface area contributed by atoms with Gasteiger partial charge in [0.2, 0.25) is 5.91 Å². The number of nitrogens with zero attached hydrogens (tertiary/aromatic N) is 2. The molecule has 0 aromatic carbocycles. The monoisotopic (exact) mass is 636 g/mol. The molecule has 0 radical (unpaired) electrons. The number of ether oxygens (including phenoxy) is 3. The Labute approximate surface area is 270 Å². The number of hydrogen-bond acceptors (Lipinski definition) is 9. The van der Waals surface area contributed by atoms with Gasteiger partial charge in [0.15, 0.2) is 0 Å². The zero-order valence-electron chi connectivity index (χ0n) is 27.1. The minimum absolute atomic E-state index is 0.0264. The highest BCUT2D eigenvalue weighted by Crippen LogP contribution is 2.37.